The van der Waals surface area contributed by atoms with Crippen LogP contribution in [0.2, 0.25) is 0 Å². The molecule has 2 aromatic carbocycles. The number of methoxy groups -OCH3 is 1. The molecule has 3 rings (SSSR count). The summed E-state index contributed by atoms with van der Waals surface area (Å²) in [6.07, 6.45) is 4.17. The Bertz CT molecular complexity index is 956. The summed E-state index contributed by atoms with van der Waals surface area (Å²) in [4.78, 5) is 23.5. The zero-order valence-corrected chi connectivity index (χ0v) is 15.2. The molecular formula is C20H19FN4O3. The van der Waals surface area contributed by atoms with Crippen molar-refractivity contribution in [3.8, 4) is 5.69 Å². The van der Waals surface area contributed by atoms with Gasteiger partial charge in [-0.05, 0) is 48.4 Å². The highest BCUT2D eigenvalue weighted by Gasteiger charge is 2.12. The molecule has 2 amide bonds. The SMILES string of the molecule is COC(=O)c1ccc(F)c(NC(=O)NCCc2ccc(-n3cccn3)cc2)c1. The molecule has 144 valence electrons. The first kappa shape index (κ1) is 19.1. The van der Waals surface area contributed by atoms with Crippen LogP contribution in [-0.4, -0.2) is 35.4 Å². The number of anilines is 1. The van der Waals surface area contributed by atoms with Crippen LogP contribution >= 0.6 is 0 Å². The van der Waals surface area contributed by atoms with Crippen LogP contribution in [0, 0.1) is 5.82 Å². The smallest absolute Gasteiger partial charge is 0.337 e. The maximum atomic E-state index is 13.8. The number of amides is 2. The Labute approximate surface area is 161 Å². The highest BCUT2D eigenvalue weighted by atomic mass is 19.1. The summed E-state index contributed by atoms with van der Waals surface area (Å²) in [5.74, 6) is -1.25. The van der Waals surface area contributed by atoms with Crippen LogP contribution in [0.15, 0.2) is 60.9 Å². The molecule has 0 fully saturated rings. The van der Waals surface area contributed by atoms with Crippen molar-refractivity contribution in [2.45, 2.75) is 6.42 Å². The average Bonchev–Trinajstić information content (AvgIpc) is 3.24. The van der Waals surface area contributed by atoms with Gasteiger partial charge < -0.3 is 15.4 Å². The topological polar surface area (TPSA) is 85.2 Å². The van der Waals surface area contributed by atoms with Gasteiger partial charge in [0.1, 0.15) is 5.82 Å². The normalized spacial score (nSPS) is 10.4. The van der Waals surface area contributed by atoms with Crippen LogP contribution in [0.25, 0.3) is 5.69 Å². The molecule has 7 nitrogen and oxygen atoms in total. The number of ether oxygens (including phenoxy) is 1. The van der Waals surface area contributed by atoms with Gasteiger partial charge in [0.15, 0.2) is 0 Å². The van der Waals surface area contributed by atoms with E-state index in [4.69, 9.17) is 0 Å². The minimum atomic E-state index is -0.642. The van der Waals surface area contributed by atoms with E-state index in [9.17, 15) is 14.0 Å². The van der Waals surface area contributed by atoms with Gasteiger partial charge in [-0.25, -0.2) is 18.7 Å². The van der Waals surface area contributed by atoms with Crippen LogP contribution in [0.4, 0.5) is 14.9 Å². The third kappa shape index (κ3) is 4.73. The van der Waals surface area contributed by atoms with Gasteiger partial charge in [-0.3, -0.25) is 0 Å². The van der Waals surface area contributed by atoms with Crippen molar-refractivity contribution in [2.24, 2.45) is 0 Å². The number of rotatable bonds is 6. The number of esters is 1. The Hall–Kier alpha value is -3.68. The van der Waals surface area contributed by atoms with Crippen molar-refractivity contribution in [3.05, 3.63) is 77.9 Å². The van der Waals surface area contributed by atoms with Gasteiger partial charge in [0.2, 0.25) is 0 Å². The monoisotopic (exact) mass is 382 g/mol. The zero-order valence-electron chi connectivity index (χ0n) is 15.2. The number of carbonyl (C=O) groups is 2. The molecule has 0 unspecified atom stereocenters. The van der Waals surface area contributed by atoms with E-state index in [1.165, 1.54) is 19.2 Å². The quantitative estimate of drug-likeness (QED) is 0.642. The number of aromatic nitrogens is 2. The highest BCUT2D eigenvalue weighted by molar-refractivity contribution is 5.94. The van der Waals surface area contributed by atoms with Crippen molar-refractivity contribution < 1.29 is 18.7 Å². The first-order chi connectivity index (χ1) is 13.6. The van der Waals surface area contributed by atoms with Crippen LogP contribution in [0.1, 0.15) is 15.9 Å². The molecule has 0 atom stereocenters. The number of urea groups is 1. The summed E-state index contributed by atoms with van der Waals surface area (Å²) in [6, 6.07) is 12.7. The second kappa shape index (κ2) is 8.81. The molecule has 8 heteroatoms. The Balaban J connectivity index is 1.51. The number of carbonyl (C=O) groups excluding carboxylic acids is 2. The molecule has 1 aromatic heterocycles. The molecule has 0 saturated carbocycles. The van der Waals surface area contributed by atoms with E-state index in [2.05, 4.69) is 20.5 Å². The van der Waals surface area contributed by atoms with Crippen LogP contribution in [0.3, 0.4) is 0 Å². The number of nitrogens with one attached hydrogen (secondary N) is 2. The van der Waals surface area contributed by atoms with Crippen LogP contribution < -0.4 is 10.6 Å². The second-order valence-corrected chi connectivity index (χ2v) is 5.93. The number of benzene rings is 2. The maximum absolute atomic E-state index is 13.8. The first-order valence-electron chi connectivity index (χ1n) is 8.58. The van der Waals surface area contributed by atoms with E-state index < -0.39 is 17.8 Å². The minimum absolute atomic E-state index is 0.0935. The summed E-state index contributed by atoms with van der Waals surface area (Å²) in [7, 11) is 1.23. The van der Waals surface area contributed by atoms with Gasteiger partial charge >= 0.3 is 12.0 Å². The molecule has 28 heavy (non-hydrogen) atoms. The Morgan fingerprint density at radius 1 is 1.18 bits per heavy atom. The predicted octanol–water partition coefficient (Wildman–Crippen LogP) is 3.16. The van der Waals surface area contributed by atoms with Crippen molar-refractivity contribution in [2.75, 3.05) is 19.0 Å². The standard InChI is InChI=1S/C20H19FN4O3/c1-28-19(26)15-5-8-17(21)18(13-15)24-20(27)22-11-9-14-3-6-16(7-4-14)25-12-2-10-23-25/h2-8,10,12-13H,9,11H2,1H3,(H2,22,24,27). The largest absolute Gasteiger partial charge is 0.465 e. The molecule has 3 aromatic rings. The van der Waals surface area contributed by atoms with Gasteiger partial charge in [-0.1, -0.05) is 12.1 Å². The third-order valence-electron chi connectivity index (χ3n) is 4.04. The van der Waals surface area contributed by atoms with Crippen molar-refractivity contribution in [3.63, 3.8) is 0 Å². The summed E-state index contributed by atoms with van der Waals surface area (Å²) in [5.41, 5.74) is 2.04. The van der Waals surface area contributed by atoms with Crippen molar-refractivity contribution >= 4 is 17.7 Å². The van der Waals surface area contributed by atoms with E-state index in [0.29, 0.717) is 13.0 Å². The lowest BCUT2D eigenvalue weighted by atomic mass is 10.1. The number of hydrogen-bond donors (Lipinski definition) is 2. The lowest BCUT2D eigenvalue weighted by Crippen LogP contribution is -2.30. The summed E-state index contributed by atoms with van der Waals surface area (Å²) in [6.45, 7) is 0.366. The third-order valence-corrected chi connectivity index (χ3v) is 4.04. The Kier molecular flexibility index (Phi) is 6.01. The predicted molar refractivity (Wildman–Crippen MR) is 102 cm³/mol. The molecule has 0 radical (unpaired) electrons. The molecule has 2 N–H and O–H groups in total. The number of nitrogens with zero attached hydrogens (tertiary/aromatic N) is 2. The van der Waals surface area contributed by atoms with Crippen LogP contribution in [0.5, 0.6) is 0 Å². The summed E-state index contributed by atoms with van der Waals surface area (Å²) in [5, 5.41) is 9.22. The molecule has 0 saturated heterocycles. The second-order valence-electron chi connectivity index (χ2n) is 5.93. The fourth-order valence-electron chi connectivity index (χ4n) is 2.59. The van der Waals surface area contributed by atoms with Crippen LogP contribution in [-0.2, 0) is 11.2 Å². The molecule has 0 bridgehead atoms. The minimum Gasteiger partial charge on any atom is -0.465 e. The fraction of sp³-hybridized carbons (Fsp3) is 0.150. The van der Waals surface area contributed by atoms with Gasteiger partial charge in [0.25, 0.3) is 0 Å². The highest BCUT2D eigenvalue weighted by Crippen LogP contribution is 2.17. The lowest BCUT2D eigenvalue weighted by molar-refractivity contribution is 0.0600. The molecule has 0 aliphatic heterocycles. The molecule has 1 heterocycles. The Morgan fingerprint density at radius 2 is 1.96 bits per heavy atom. The Morgan fingerprint density at radius 3 is 2.64 bits per heavy atom. The first-order valence-corrected chi connectivity index (χ1v) is 8.58. The summed E-state index contributed by atoms with van der Waals surface area (Å²) < 4.78 is 20.2. The molecular weight excluding hydrogens is 363 g/mol. The van der Waals surface area contributed by atoms with E-state index in [0.717, 1.165) is 17.3 Å². The van der Waals surface area contributed by atoms with Gasteiger partial charge in [-0.15, -0.1) is 0 Å². The van der Waals surface area contributed by atoms with Crippen molar-refractivity contribution in [1.29, 1.82) is 0 Å². The zero-order chi connectivity index (χ0) is 19.9. The van der Waals surface area contributed by atoms with Gasteiger partial charge in [-0.2, -0.15) is 5.10 Å². The van der Waals surface area contributed by atoms with E-state index in [-0.39, 0.29) is 11.3 Å². The average molecular weight is 382 g/mol. The molecule has 0 aliphatic rings. The van der Waals surface area contributed by atoms with E-state index in [1.54, 1.807) is 10.9 Å². The van der Waals surface area contributed by atoms with E-state index in [1.807, 2.05) is 36.5 Å². The van der Waals surface area contributed by atoms with Gasteiger partial charge in [0, 0.05) is 18.9 Å². The van der Waals surface area contributed by atoms with Gasteiger partial charge in [0.05, 0.1) is 24.0 Å². The number of hydrogen-bond acceptors (Lipinski definition) is 4. The van der Waals surface area contributed by atoms with E-state index >= 15 is 0 Å². The molecule has 0 aliphatic carbocycles. The fourth-order valence-corrected chi connectivity index (χ4v) is 2.59. The lowest BCUT2D eigenvalue weighted by Gasteiger charge is -2.10. The van der Waals surface area contributed by atoms with Crippen molar-refractivity contribution in [1.82, 2.24) is 15.1 Å². The number of halogens is 1. The molecule has 0 spiro atoms. The summed E-state index contributed by atoms with van der Waals surface area (Å²) >= 11 is 0. The maximum Gasteiger partial charge on any atom is 0.337 e.